The third-order valence-electron chi connectivity index (χ3n) is 4.02. The van der Waals surface area contributed by atoms with Crippen LogP contribution >= 0.6 is 22.7 Å². The predicted octanol–water partition coefficient (Wildman–Crippen LogP) is 6.24. The first-order chi connectivity index (χ1) is 11.9. The molecule has 5 rings (SSSR count). The summed E-state index contributed by atoms with van der Waals surface area (Å²) in [6.07, 6.45) is 0. The van der Waals surface area contributed by atoms with Crippen LogP contribution in [0.2, 0.25) is 0 Å². The summed E-state index contributed by atoms with van der Waals surface area (Å²) in [6.45, 7) is 0. The van der Waals surface area contributed by atoms with E-state index in [-0.39, 0.29) is 0 Å². The molecule has 0 fully saturated rings. The molecule has 0 radical (unpaired) electrons. The van der Waals surface area contributed by atoms with Gasteiger partial charge in [-0.3, -0.25) is 0 Å². The molecule has 4 heteroatoms. The van der Waals surface area contributed by atoms with E-state index in [1.165, 1.54) is 20.3 Å². The minimum atomic E-state index is 0.854. The van der Waals surface area contributed by atoms with Gasteiger partial charge in [-0.15, -0.1) is 22.7 Å². The fourth-order valence-electron chi connectivity index (χ4n) is 2.87. The molecular formula is C20H12N2S2. The van der Waals surface area contributed by atoms with Crippen LogP contribution in [-0.2, 0) is 0 Å². The molecule has 0 aliphatic carbocycles. The molecule has 2 aromatic heterocycles. The normalized spacial score (nSPS) is 11.3. The Bertz CT molecular complexity index is 1120. The highest BCUT2D eigenvalue weighted by atomic mass is 32.2. The van der Waals surface area contributed by atoms with Gasteiger partial charge in [0.25, 0.3) is 0 Å². The quantitative estimate of drug-likeness (QED) is 0.379. The van der Waals surface area contributed by atoms with Crippen molar-refractivity contribution in [1.82, 2.24) is 9.97 Å². The standard InChI is InChI=1S/C20H12N2S2/c1-2-8-14(9-3-1)18-21-17-20(23-18)24-19(22-17)16-12-6-10-13-7-4-5-11-15(13)16/h1-12H. The lowest BCUT2D eigenvalue weighted by atomic mass is 10.1. The average Bonchev–Trinajstić information content (AvgIpc) is 3.21. The minimum absolute atomic E-state index is 0.854. The highest BCUT2D eigenvalue weighted by Gasteiger charge is 2.14. The number of nitrogens with zero attached hydrogens (tertiary/aromatic N) is 2. The molecular weight excluding hydrogens is 332 g/mol. The third kappa shape index (κ3) is 2.23. The van der Waals surface area contributed by atoms with Gasteiger partial charge < -0.3 is 0 Å². The van der Waals surface area contributed by atoms with E-state index in [1.54, 1.807) is 22.7 Å². The molecule has 2 heterocycles. The first-order valence-electron chi connectivity index (χ1n) is 7.69. The maximum absolute atomic E-state index is 4.80. The van der Waals surface area contributed by atoms with Gasteiger partial charge in [-0.05, 0) is 10.8 Å². The lowest BCUT2D eigenvalue weighted by molar-refractivity contribution is 1.37. The van der Waals surface area contributed by atoms with Gasteiger partial charge in [0, 0.05) is 11.1 Å². The molecule has 5 aromatic rings. The van der Waals surface area contributed by atoms with Crippen molar-refractivity contribution in [3.63, 3.8) is 0 Å². The van der Waals surface area contributed by atoms with E-state index in [0.717, 1.165) is 21.2 Å². The number of aromatic nitrogens is 2. The third-order valence-corrected chi connectivity index (χ3v) is 6.28. The Morgan fingerprint density at radius 3 is 2.21 bits per heavy atom. The molecule has 0 aliphatic rings. The van der Waals surface area contributed by atoms with Crippen LogP contribution < -0.4 is 0 Å². The highest BCUT2D eigenvalue weighted by molar-refractivity contribution is 7.40. The van der Waals surface area contributed by atoms with Crippen molar-refractivity contribution in [3.05, 3.63) is 72.8 Å². The predicted molar refractivity (Wildman–Crippen MR) is 104 cm³/mol. The van der Waals surface area contributed by atoms with E-state index in [2.05, 4.69) is 54.6 Å². The molecule has 0 atom stereocenters. The molecule has 3 aromatic carbocycles. The van der Waals surface area contributed by atoms with Crippen molar-refractivity contribution < 1.29 is 0 Å². The molecule has 0 saturated carbocycles. The van der Waals surface area contributed by atoms with E-state index in [1.807, 2.05) is 18.2 Å². The summed E-state index contributed by atoms with van der Waals surface area (Å²) >= 11 is 3.44. The van der Waals surface area contributed by atoms with Crippen molar-refractivity contribution >= 4 is 43.1 Å². The van der Waals surface area contributed by atoms with E-state index >= 15 is 0 Å². The minimum Gasteiger partial charge on any atom is -0.215 e. The fourth-order valence-corrected chi connectivity index (χ4v) is 5.04. The zero-order valence-electron chi connectivity index (χ0n) is 12.6. The summed E-state index contributed by atoms with van der Waals surface area (Å²) in [4.78, 5) is 9.52. The van der Waals surface area contributed by atoms with Crippen LogP contribution in [0, 0.1) is 0 Å². The summed E-state index contributed by atoms with van der Waals surface area (Å²) in [5.74, 6) is 0. The van der Waals surface area contributed by atoms with Crippen LogP contribution in [-0.4, -0.2) is 9.97 Å². The summed E-state index contributed by atoms with van der Waals surface area (Å²) < 4.78 is 1.18. The number of fused-ring (bicyclic) bond motifs is 2. The SMILES string of the molecule is c1ccc(-c2nc3nc(-c4cccc5ccccc45)sc3s2)cc1. The Morgan fingerprint density at radius 2 is 1.33 bits per heavy atom. The van der Waals surface area contributed by atoms with E-state index in [0.29, 0.717) is 0 Å². The topological polar surface area (TPSA) is 25.8 Å². The van der Waals surface area contributed by atoms with Gasteiger partial charge in [0.2, 0.25) is 0 Å². The van der Waals surface area contributed by atoms with Gasteiger partial charge in [0.05, 0.1) is 0 Å². The average molecular weight is 344 g/mol. The Morgan fingerprint density at radius 1 is 0.625 bits per heavy atom. The van der Waals surface area contributed by atoms with Gasteiger partial charge in [-0.25, -0.2) is 9.97 Å². The second-order valence-electron chi connectivity index (χ2n) is 5.54. The van der Waals surface area contributed by atoms with Crippen molar-refractivity contribution in [1.29, 1.82) is 0 Å². The number of hydrogen-bond acceptors (Lipinski definition) is 4. The zero-order valence-corrected chi connectivity index (χ0v) is 14.3. The number of benzene rings is 3. The smallest absolute Gasteiger partial charge is 0.182 e. The number of thiazole rings is 2. The van der Waals surface area contributed by atoms with Crippen LogP contribution in [0.25, 0.3) is 41.6 Å². The van der Waals surface area contributed by atoms with Gasteiger partial charge in [0.1, 0.15) is 14.0 Å². The first-order valence-corrected chi connectivity index (χ1v) is 9.33. The van der Waals surface area contributed by atoms with Gasteiger partial charge in [-0.2, -0.15) is 0 Å². The van der Waals surface area contributed by atoms with E-state index in [4.69, 9.17) is 9.97 Å². The Balaban J connectivity index is 1.65. The van der Waals surface area contributed by atoms with Crippen molar-refractivity contribution in [2.24, 2.45) is 0 Å². The molecule has 114 valence electrons. The highest BCUT2D eigenvalue weighted by Crippen LogP contribution is 2.39. The second kappa shape index (κ2) is 5.51. The first kappa shape index (κ1) is 13.8. The number of hydrogen-bond donors (Lipinski definition) is 0. The van der Waals surface area contributed by atoms with Crippen LogP contribution in [0.15, 0.2) is 72.8 Å². The molecule has 24 heavy (non-hydrogen) atoms. The monoisotopic (exact) mass is 344 g/mol. The molecule has 2 nitrogen and oxygen atoms in total. The van der Waals surface area contributed by atoms with Crippen LogP contribution in [0.4, 0.5) is 0 Å². The van der Waals surface area contributed by atoms with Crippen LogP contribution in [0.1, 0.15) is 0 Å². The summed E-state index contributed by atoms with van der Waals surface area (Å²) in [5, 5.41) is 4.56. The van der Waals surface area contributed by atoms with Crippen LogP contribution in [0.5, 0.6) is 0 Å². The Kier molecular flexibility index (Phi) is 3.18. The molecule has 0 N–H and O–H groups in total. The van der Waals surface area contributed by atoms with Gasteiger partial charge in [-0.1, -0.05) is 72.8 Å². The Hall–Kier alpha value is -2.56. The molecule has 0 unspecified atom stereocenters. The van der Waals surface area contributed by atoms with E-state index in [9.17, 15) is 0 Å². The molecule has 0 aliphatic heterocycles. The van der Waals surface area contributed by atoms with Crippen molar-refractivity contribution in [3.8, 4) is 21.1 Å². The maximum atomic E-state index is 4.80. The second-order valence-corrected chi connectivity index (χ2v) is 7.80. The van der Waals surface area contributed by atoms with Crippen molar-refractivity contribution in [2.75, 3.05) is 0 Å². The lowest BCUT2D eigenvalue weighted by Crippen LogP contribution is -1.80. The summed E-state index contributed by atoms with van der Waals surface area (Å²) in [7, 11) is 0. The molecule has 0 spiro atoms. The number of rotatable bonds is 2. The van der Waals surface area contributed by atoms with Crippen LogP contribution in [0.3, 0.4) is 0 Å². The molecule has 0 amide bonds. The molecule has 0 bridgehead atoms. The van der Waals surface area contributed by atoms with Crippen molar-refractivity contribution in [2.45, 2.75) is 0 Å². The largest absolute Gasteiger partial charge is 0.215 e. The maximum Gasteiger partial charge on any atom is 0.182 e. The lowest BCUT2D eigenvalue weighted by Gasteiger charge is -2.02. The van der Waals surface area contributed by atoms with Gasteiger partial charge >= 0.3 is 0 Å². The summed E-state index contributed by atoms with van der Waals surface area (Å²) in [6, 6.07) is 25.1. The fraction of sp³-hybridized carbons (Fsp3) is 0. The Labute approximate surface area is 147 Å². The van der Waals surface area contributed by atoms with Gasteiger partial charge in [0.15, 0.2) is 5.65 Å². The summed E-state index contributed by atoms with van der Waals surface area (Å²) in [5.41, 5.74) is 3.19. The zero-order chi connectivity index (χ0) is 15.9. The molecule has 0 saturated heterocycles. The van der Waals surface area contributed by atoms with E-state index < -0.39 is 0 Å².